The smallest absolute Gasteiger partial charge is 0.222 e. The first-order valence-corrected chi connectivity index (χ1v) is 10.5. The number of fused-ring (bicyclic) bond motifs is 1. The molecule has 0 bridgehead atoms. The van der Waals surface area contributed by atoms with E-state index in [0.717, 1.165) is 55.8 Å². The van der Waals surface area contributed by atoms with Gasteiger partial charge < -0.3 is 20.9 Å². The van der Waals surface area contributed by atoms with Gasteiger partial charge in [-0.2, -0.15) is 4.98 Å². The quantitative estimate of drug-likeness (QED) is 0.681. The molecule has 0 atom stereocenters. The van der Waals surface area contributed by atoms with Crippen molar-refractivity contribution in [1.29, 1.82) is 0 Å². The highest BCUT2D eigenvalue weighted by Gasteiger charge is 2.25. The summed E-state index contributed by atoms with van der Waals surface area (Å²) in [5.41, 5.74) is 8.05. The van der Waals surface area contributed by atoms with Gasteiger partial charge in [-0.15, -0.1) is 0 Å². The van der Waals surface area contributed by atoms with Crippen molar-refractivity contribution < 1.29 is 0 Å². The molecule has 6 nitrogen and oxygen atoms in total. The first kappa shape index (κ1) is 19.9. The number of rotatable bonds is 8. The van der Waals surface area contributed by atoms with Crippen LogP contribution in [0.25, 0.3) is 6.08 Å². The minimum atomic E-state index is 0.352. The normalized spacial score (nSPS) is 22.1. The molecule has 1 saturated carbocycles. The summed E-state index contributed by atoms with van der Waals surface area (Å²) in [6.07, 6.45) is 12.0. The molecule has 3 rings (SSSR count). The van der Waals surface area contributed by atoms with Crippen LogP contribution in [0.3, 0.4) is 0 Å². The molecule has 0 aromatic carbocycles. The van der Waals surface area contributed by atoms with Crippen LogP contribution in [-0.4, -0.2) is 53.5 Å². The molecule has 3 N–H and O–H groups in total. The number of nitrogens with zero attached hydrogens (tertiary/aromatic N) is 4. The molecule has 1 aromatic heterocycles. The summed E-state index contributed by atoms with van der Waals surface area (Å²) in [5, 5.41) is 3.47. The predicted octanol–water partition coefficient (Wildman–Crippen LogP) is 3.43. The van der Waals surface area contributed by atoms with E-state index >= 15 is 0 Å². The van der Waals surface area contributed by atoms with Crippen molar-refractivity contribution in [3.8, 4) is 0 Å². The number of aromatic nitrogens is 2. The predicted molar refractivity (Wildman–Crippen MR) is 113 cm³/mol. The third-order valence-electron chi connectivity index (χ3n) is 5.77. The maximum atomic E-state index is 5.91. The van der Waals surface area contributed by atoms with Crippen LogP contribution in [0.2, 0.25) is 0 Å². The zero-order valence-electron chi connectivity index (χ0n) is 17.2. The lowest BCUT2D eigenvalue weighted by atomic mass is 9.81. The Bertz CT molecular complexity index is 634. The molecule has 150 valence electrons. The average molecular weight is 373 g/mol. The number of nitrogens with two attached hydrogens (primary N) is 1. The van der Waals surface area contributed by atoms with Crippen molar-refractivity contribution in [1.82, 2.24) is 19.8 Å². The van der Waals surface area contributed by atoms with E-state index in [-0.39, 0.29) is 0 Å². The molecule has 27 heavy (non-hydrogen) atoms. The zero-order valence-corrected chi connectivity index (χ0v) is 17.2. The van der Waals surface area contributed by atoms with Gasteiger partial charge in [-0.05, 0) is 64.1 Å². The summed E-state index contributed by atoms with van der Waals surface area (Å²) in [4.78, 5) is 13.7. The minimum absolute atomic E-state index is 0.352. The number of unbranched alkanes of at least 4 members (excludes halogenated alkanes) is 1. The maximum absolute atomic E-state index is 5.91. The first-order chi connectivity index (χ1) is 13.0. The fraction of sp³-hybridized carbons (Fsp3) is 0.714. The van der Waals surface area contributed by atoms with Crippen molar-refractivity contribution in [2.45, 2.75) is 52.0 Å². The highest BCUT2D eigenvalue weighted by Crippen LogP contribution is 2.32. The summed E-state index contributed by atoms with van der Waals surface area (Å²) < 4.78 is 0. The molecule has 0 amide bonds. The number of nitrogen functional groups attached to an aromatic ring is 1. The van der Waals surface area contributed by atoms with E-state index in [1.165, 1.54) is 37.8 Å². The molecule has 2 heterocycles. The molecule has 1 aliphatic carbocycles. The summed E-state index contributed by atoms with van der Waals surface area (Å²) in [5.74, 6) is 2.93. The lowest BCUT2D eigenvalue weighted by Crippen LogP contribution is -2.32. The maximum Gasteiger partial charge on any atom is 0.222 e. The number of hydrogen-bond acceptors (Lipinski definition) is 6. The third kappa shape index (κ3) is 5.58. The monoisotopic (exact) mass is 372 g/mol. The molecule has 0 radical (unpaired) electrons. The summed E-state index contributed by atoms with van der Waals surface area (Å²) in [7, 11) is 4.37. The molecule has 1 aliphatic heterocycles. The van der Waals surface area contributed by atoms with Gasteiger partial charge in [-0.25, -0.2) is 4.98 Å². The molecule has 0 unspecified atom stereocenters. The molecular weight excluding hydrogens is 336 g/mol. The molecule has 0 saturated heterocycles. The fourth-order valence-corrected chi connectivity index (χ4v) is 4.34. The van der Waals surface area contributed by atoms with Gasteiger partial charge in [-0.1, -0.05) is 13.3 Å². The minimum Gasteiger partial charge on any atom is -0.372 e. The van der Waals surface area contributed by atoms with Gasteiger partial charge in [-0.3, -0.25) is 0 Å². The number of anilines is 2. The van der Waals surface area contributed by atoms with E-state index in [2.05, 4.69) is 58.4 Å². The first-order valence-electron chi connectivity index (χ1n) is 10.5. The second kappa shape index (κ2) is 9.40. The Morgan fingerprint density at radius 1 is 1.19 bits per heavy atom. The van der Waals surface area contributed by atoms with Crippen LogP contribution in [0.15, 0.2) is 6.20 Å². The van der Waals surface area contributed by atoms with Crippen molar-refractivity contribution in [3.05, 3.63) is 17.5 Å². The standard InChI is InChI=1S/C21H36N6/c1-4-5-11-23-20-18-15-27(12-10-19(18)24-21(22)25-20)14-17-8-6-16(7-9-17)13-26(2)3/h10,12,16-17H,4-9,11,13-15H2,1-3H3,(H3,22,23,24,25). The topological polar surface area (TPSA) is 70.3 Å². The van der Waals surface area contributed by atoms with Gasteiger partial charge in [0.15, 0.2) is 0 Å². The number of hydrogen-bond donors (Lipinski definition) is 2. The Morgan fingerprint density at radius 3 is 2.63 bits per heavy atom. The van der Waals surface area contributed by atoms with Crippen molar-refractivity contribution in [3.63, 3.8) is 0 Å². The van der Waals surface area contributed by atoms with Crippen LogP contribution < -0.4 is 11.1 Å². The largest absolute Gasteiger partial charge is 0.372 e. The third-order valence-corrected chi connectivity index (χ3v) is 5.77. The molecule has 1 aromatic rings. The Kier molecular flexibility index (Phi) is 6.94. The van der Waals surface area contributed by atoms with E-state index in [0.29, 0.717) is 5.95 Å². The van der Waals surface area contributed by atoms with Gasteiger partial charge in [0.05, 0.1) is 5.69 Å². The van der Waals surface area contributed by atoms with E-state index in [9.17, 15) is 0 Å². The highest BCUT2D eigenvalue weighted by atomic mass is 15.1. The summed E-state index contributed by atoms with van der Waals surface area (Å²) in [6, 6.07) is 0. The summed E-state index contributed by atoms with van der Waals surface area (Å²) >= 11 is 0. The SMILES string of the molecule is CCCCNc1nc(N)nc2c1CN(CC1CCC(CN(C)C)CC1)C=C2. The summed E-state index contributed by atoms with van der Waals surface area (Å²) in [6.45, 7) is 6.36. The van der Waals surface area contributed by atoms with E-state index in [4.69, 9.17) is 5.73 Å². The van der Waals surface area contributed by atoms with Gasteiger partial charge >= 0.3 is 0 Å². The average Bonchev–Trinajstić information content (AvgIpc) is 2.63. The van der Waals surface area contributed by atoms with E-state index in [1.54, 1.807) is 0 Å². The lowest BCUT2D eigenvalue weighted by molar-refractivity contribution is 0.189. The molecule has 6 heteroatoms. The van der Waals surface area contributed by atoms with Gasteiger partial charge in [0.2, 0.25) is 5.95 Å². The second-order valence-electron chi connectivity index (χ2n) is 8.47. The fourth-order valence-electron chi connectivity index (χ4n) is 4.34. The Morgan fingerprint density at radius 2 is 1.93 bits per heavy atom. The van der Waals surface area contributed by atoms with Crippen LogP contribution in [0.1, 0.15) is 56.7 Å². The van der Waals surface area contributed by atoms with E-state index in [1.807, 2.05) is 0 Å². The molecular formula is C21H36N6. The number of nitrogens with one attached hydrogen (secondary N) is 1. The van der Waals surface area contributed by atoms with E-state index < -0.39 is 0 Å². The Labute approximate surface area is 164 Å². The van der Waals surface area contributed by atoms with Crippen LogP contribution >= 0.6 is 0 Å². The second-order valence-corrected chi connectivity index (χ2v) is 8.47. The van der Waals surface area contributed by atoms with Crippen LogP contribution in [0.4, 0.5) is 11.8 Å². The van der Waals surface area contributed by atoms with Crippen LogP contribution in [0, 0.1) is 11.8 Å². The molecule has 0 spiro atoms. The van der Waals surface area contributed by atoms with Crippen molar-refractivity contribution in [2.75, 3.05) is 44.8 Å². The Balaban J connectivity index is 1.58. The molecule has 2 aliphatic rings. The lowest BCUT2D eigenvalue weighted by Gasteiger charge is -2.34. The van der Waals surface area contributed by atoms with Gasteiger partial charge in [0.25, 0.3) is 0 Å². The van der Waals surface area contributed by atoms with Crippen molar-refractivity contribution >= 4 is 17.8 Å². The van der Waals surface area contributed by atoms with Gasteiger partial charge in [0.1, 0.15) is 5.82 Å². The Hall–Kier alpha value is -1.82. The van der Waals surface area contributed by atoms with Crippen molar-refractivity contribution in [2.24, 2.45) is 11.8 Å². The highest BCUT2D eigenvalue weighted by molar-refractivity contribution is 5.61. The van der Waals surface area contributed by atoms with Gasteiger partial charge in [0, 0.05) is 37.9 Å². The zero-order chi connectivity index (χ0) is 19.2. The van der Waals surface area contributed by atoms with Crippen LogP contribution in [0.5, 0.6) is 0 Å². The van der Waals surface area contributed by atoms with Crippen LogP contribution in [-0.2, 0) is 6.54 Å². The molecule has 1 fully saturated rings.